The van der Waals surface area contributed by atoms with Crippen molar-refractivity contribution in [3.63, 3.8) is 0 Å². The predicted octanol–water partition coefficient (Wildman–Crippen LogP) is 9.31. The largest absolute Gasteiger partial charge is 0.416 e. The van der Waals surface area contributed by atoms with Crippen molar-refractivity contribution in [1.29, 1.82) is 0 Å². The second kappa shape index (κ2) is 14.7. The van der Waals surface area contributed by atoms with Gasteiger partial charge >= 0.3 is 12.4 Å². The summed E-state index contributed by atoms with van der Waals surface area (Å²) in [5.41, 5.74) is 2.20. The van der Waals surface area contributed by atoms with E-state index in [1.165, 1.54) is 34.1 Å². The Labute approximate surface area is 340 Å². The van der Waals surface area contributed by atoms with Gasteiger partial charge in [-0.25, -0.2) is 0 Å². The SMILES string of the molecule is Cn1cnnc1[C@@H]1CC[C@@H]1c1cccc(N2Cc3c(cccc3C(F)(F)F)C2=O)c1.Cn1cnnc1[C@H]1CC[C@H]1c1cccc(N2Cc3c(cccc3C(F)(F)F)C2=O)c1. The number of aryl methyl sites for hydroxylation is 2. The molecule has 0 spiro atoms. The Balaban J connectivity index is 0.000000154. The van der Waals surface area contributed by atoms with E-state index in [0.29, 0.717) is 11.4 Å². The molecule has 2 aromatic heterocycles. The minimum atomic E-state index is -4.49. The molecule has 10 nitrogen and oxygen atoms in total. The first-order valence-corrected chi connectivity index (χ1v) is 19.6. The van der Waals surface area contributed by atoms with Crippen molar-refractivity contribution in [1.82, 2.24) is 29.5 Å². The van der Waals surface area contributed by atoms with Crippen molar-refractivity contribution in [2.24, 2.45) is 14.1 Å². The molecule has 4 aromatic carbocycles. The molecule has 60 heavy (non-hydrogen) atoms. The number of nitrogens with zero attached hydrogens (tertiary/aromatic N) is 8. The molecule has 2 saturated carbocycles. The first-order valence-electron chi connectivity index (χ1n) is 19.6. The van der Waals surface area contributed by atoms with E-state index in [9.17, 15) is 35.9 Å². The molecule has 4 atom stereocenters. The summed E-state index contributed by atoms with van der Waals surface area (Å²) in [6, 6.07) is 22.7. The number of benzene rings is 4. The van der Waals surface area contributed by atoms with Crippen LogP contribution in [-0.4, -0.2) is 41.3 Å². The quantitative estimate of drug-likeness (QED) is 0.155. The maximum atomic E-state index is 13.4. The molecular formula is C44H38F6N8O2. The monoisotopic (exact) mass is 824 g/mol. The zero-order valence-corrected chi connectivity index (χ0v) is 32.5. The first kappa shape index (κ1) is 39.2. The van der Waals surface area contributed by atoms with Crippen LogP contribution in [0.4, 0.5) is 37.7 Å². The molecule has 2 amide bonds. The normalized spacial score (nSPS) is 20.9. The summed E-state index contributed by atoms with van der Waals surface area (Å²) in [6.07, 6.45) is -1.62. The number of halogens is 6. The Bertz CT molecular complexity index is 2450. The maximum Gasteiger partial charge on any atom is 0.416 e. The van der Waals surface area contributed by atoms with Gasteiger partial charge in [0.15, 0.2) is 0 Å². The van der Waals surface area contributed by atoms with Crippen LogP contribution in [0, 0.1) is 0 Å². The molecule has 0 saturated heterocycles. The smallest absolute Gasteiger partial charge is 0.320 e. The number of amides is 2. The third-order valence-corrected chi connectivity index (χ3v) is 12.5. The summed E-state index contributed by atoms with van der Waals surface area (Å²) in [5, 5.41) is 16.4. The van der Waals surface area contributed by atoms with Crippen LogP contribution < -0.4 is 9.80 Å². The standard InChI is InChI=1S/2C22H19F3N4O/c2*1-28-12-26-27-20(28)16-9-8-15(16)13-4-2-5-14(10-13)29-11-18-17(21(29)30)6-3-7-19(18)22(23,24)25/h2*2-7,10,12,15-16H,8-9,11H2,1H3/t2*15-,16-/m10/s1. The Kier molecular flexibility index (Phi) is 9.62. The second-order valence-corrected chi connectivity index (χ2v) is 15.8. The third kappa shape index (κ3) is 6.80. The molecule has 0 N–H and O–H groups in total. The summed E-state index contributed by atoms with van der Waals surface area (Å²) >= 11 is 0. The van der Waals surface area contributed by atoms with Crippen molar-refractivity contribution in [3.05, 3.63) is 154 Å². The number of anilines is 2. The van der Waals surface area contributed by atoms with E-state index in [1.807, 2.05) is 59.6 Å². The van der Waals surface area contributed by atoms with Crippen LogP contribution >= 0.6 is 0 Å². The van der Waals surface area contributed by atoms with Crippen molar-refractivity contribution in [3.8, 4) is 0 Å². The topological polar surface area (TPSA) is 102 Å². The van der Waals surface area contributed by atoms with Gasteiger partial charge in [-0.15, -0.1) is 20.4 Å². The van der Waals surface area contributed by atoms with Gasteiger partial charge in [0.25, 0.3) is 11.8 Å². The number of rotatable bonds is 6. The van der Waals surface area contributed by atoms with Gasteiger partial charge in [0.05, 0.1) is 24.2 Å². The number of fused-ring (bicyclic) bond motifs is 2. The maximum absolute atomic E-state index is 13.4. The van der Waals surface area contributed by atoms with Gasteiger partial charge in [-0.1, -0.05) is 36.4 Å². The summed E-state index contributed by atoms with van der Waals surface area (Å²) in [4.78, 5) is 28.6. The van der Waals surface area contributed by atoms with Crippen LogP contribution in [0.3, 0.4) is 0 Å². The van der Waals surface area contributed by atoms with Crippen LogP contribution in [0.2, 0.25) is 0 Å². The number of alkyl halides is 6. The Morgan fingerprint density at radius 3 is 1.25 bits per heavy atom. The number of hydrogen-bond donors (Lipinski definition) is 0. The number of carbonyl (C=O) groups is 2. The lowest BCUT2D eigenvalue weighted by Crippen LogP contribution is -2.26. The fourth-order valence-corrected chi connectivity index (χ4v) is 9.13. The summed E-state index contributed by atoms with van der Waals surface area (Å²) in [5.74, 6) is 2.05. The third-order valence-electron chi connectivity index (χ3n) is 12.5. The fraction of sp³-hybridized carbons (Fsp3) is 0.318. The van der Waals surface area contributed by atoms with Crippen molar-refractivity contribution in [2.75, 3.05) is 9.80 Å². The van der Waals surface area contributed by atoms with Crippen LogP contribution in [0.15, 0.2) is 97.6 Å². The zero-order chi connectivity index (χ0) is 42.1. The van der Waals surface area contributed by atoms with E-state index in [0.717, 1.165) is 60.6 Å². The molecule has 2 aliphatic heterocycles. The second-order valence-electron chi connectivity index (χ2n) is 15.8. The number of carbonyl (C=O) groups excluding carboxylic acids is 2. The molecule has 308 valence electrons. The summed E-state index contributed by atoms with van der Waals surface area (Å²) in [7, 11) is 3.83. The van der Waals surface area contributed by atoms with Gasteiger partial charge < -0.3 is 18.9 Å². The molecule has 4 aliphatic rings. The lowest BCUT2D eigenvalue weighted by molar-refractivity contribution is -0.139. The molecule has 4 heterocycles. The van der Waals surface area contributed by atoms with E-state index >= 15 is 0 Å². The summed E-state index contributed by atoms with van der Waals surface area (Å²) < 4.78 is 84.2. The van der Waals surface area contributed by atoms with Gasteiger partial charge in [0.1, 0.15) is 24.3 Å². The summed E-state index contributed by atoms with van der Waals surface area (Å²) in [6.45, 7) is -0.157. The molecule has 6 aromatic rings. The molecule has 0 unspecified atom stereocenters. The minimum Gasteiger partial charge on any atom is -0.320 e. The molecule has 10 rings (SSSR count). The lowest BCUT2D eigenvalue weighted by Gasteiger charge is -2.36. The van der Waals surface area contributed by atoms with Crippen LogP contribution in [0.25, 0.3) is 0 Å². The number of aromatic nitrogens is 6. The molecule has 2 fully saturated rings. The molecule has 0 radical (unpaired) electrons. The molecular weight excluding hydrogens is 787 g/mol. The van der Waals surface area contributed by atoms with E-state index in [4.69, 9.17) is 0 Å². The Morgan fingerprint density at radius 1 is 0.533 bits per heavy atom. The van der Waals surface area contributed by atoms with E-state index in [2.05, 4.69) is 20.4 Å². The highest BCUT2D eigenvalue weighted by atomic mass is 19.4. The van der Waals surface area contributed by atoms with Gasteiger partial charge in [0.2, 0.25) is 0 Å². The fourth-order valence-electron chi connectivity index (χ4n) is 9.13. The highest BCUT2D eigenvalue weighted by Crippen LogP contribution is 2.50. The van der Waals surface area contributed by atoms with Crippen LogP contribution in [0.5, 0.6) is 0 Å². The van der Waals surface area contributed by atoms with Gasteiger partial charge in [0, 0.05) is 48.4 Å². The zero-order valence-electron chi connectivity index (χ0n) is 32.5. The Hall–Kier alpha value is -6.32. The molecule has 0 bridgehead atoms. The highest BCUT2D eigenvalue weighted by molar-refractivity contribution is 6.11. The van der Waals surface area contributed by atoms with Crippen molar-refractivity contribution in [2.45, 2.75) is 74.8 Å². The average molecular weight is 825 g/mol. The van der Waals surface area contributed by atoms with Gasteiger partial charge in [-0.2, -0.15) is 26.3 Å². The van der Waals surface area contributed by atoms with E-state index in [1.54, 1.807) is 24.8 Å². The van der Waals surface area contributed by atoms with Crippen molar-refractivity contribution >= 4 is 23.2 Å². The van der Waals surface area contributed by atoms with Gasteiger partial charge in [-0.05, 0) is 108 Å². The van der Waals surface area contributed by atoms with E-state index < -0.39 is 35.3 Å². The lowest BCUT2D eigenvalue weighted by atomic mass is 9.69. The first-order chi connectivity index (χ1) is 28.7. The predicted molar refractivity (Wildman–Crippen MR) is 208 cm³/mol. The Morgan fingerprint density at radius 2 is 0.917 bits per heavy atom. The van der Waals surface area contributed by atoms with Gasteiger partial charge in [-0.3, -0.25) is 9.59 Å². The highest BCUT2D eigenvalue weighted by Gasteiger charge is 2.42. The molecule has 16 heteroatoms. The van der Waals surface area contributed by atoms with Crippen molar-refractivity contribution < 1.29 is 35.9 Å². The minimum absolute atomic E-state index is 0.0426. The van der Waals surface area contributed by atoms with Crippen LogP contribution in [-0.2, 0) is 39.5 Å². The average Bonchev–Trinajstić information content (AvgIpc) is 3.97. The van der Waals surface area contributed by atoms with E-state index in [-0.39, 0.29) is 59.0 Å². The molecule has 2 aliphatic carbocycles. The van der Waals surface area contributed by atoms with Crippen LogP contribution in [0.1, 0.15) is 115 Å². The number of hydrogen-bond acceptors (Lipinski definition) is 6.